The molecule has 0 aliphatic rings. The van der Waals surface area contributed by atoms with Crippen molar-refractivity contribution in [2.45, 2.75) is 19.9 Å². The molecule has 1 aromatic heterocycles. The summed E-state index contributed by atoms with van der Waals surface area (Å²) < 4.78 is 28.9. The minimum Gasteiger partial charge on any atom is -0.306 e. The SMILES string of the molecule is CCNC(c1cc(F)c(C)cc1F)c1cc(Cl)sc1Cl. The van der Waals surface area contributed by atoms with Gasteiger partial charge in [0, 0.05) is 11.1 Å². The molecule has 0 bridgehead atoms. The van der Waals surface area contributed by atoms with Gasteiger partial charge in [-0.05, 0) is 37.2 Å². The van der Waals surface area contributed by atoms with Crippen molar-refractivity contribution >= 4 is 34.5 Å². The van der Waals surface area contributed by atoms with Crippen LogP contribution < -0.4 is 5.32 Å². The molecule has 108 valence electrons. The first-order valence-corrected chi connectivity index (χ1v) is 7.65. The molecule has 1 N–H and O–H groups in total. The average molecular weight is 336 g/mol. The third-order valence-corrected chi connectivity index (χ3v) is 4.51. The van der Waals surface area contributed by atoms with Crippen molar-refractivity contribution in [3.05, 3.63) is 55.2 Å². The van der Waals surface area contributed by atoms with Gasteiger partial charge in [0.2, 0.25) is 0 Å². The second-order valence-corrected chi connectivity index (χ2v) is 6.68. The molecule has 0 saturated heterocycles. The molecule has 6 heteroatoms. The fraction of sp³-hybridized carbons (Fsp3) is 0.286. The maximum Gasteiger partial charge on any atom is 0.128 e. The average Bonchev–Trinajstić information content (AvgIpc) is 2.70. The molecule has 0 aliphatic carbocycles. The molecule has 1 heterocycles. The quantitative estimate of drug-likeness (QED) is 0.795. The first-order valence-electron chi connectivity index (χ1n) is 6.07. The van der Waals surface area contributed by atoms with Crippen LogP contribution in [0.4, 0.5) is 8.78 Å². The zero-order chi connectivity index (χ0) is 14.9. The van der Waals surface area contributed by atoms with Gasteiger partial charge in [0.25, 0.3) is 0 Å². The molecule has 1 aromatic carbocycles. The summed E-state index contributed by atoms with van der Waals surface area (Å²) in [5, 5.41) is 3.11. The smallest absolute Gasteiger partial charge is 0.128 e. The van der Waals surface area contributed by atoms with E-state index in [0.717, 1.165) is 0 Å². The Balaban J connectivity index is 2.54. The molecule has 1 unspecified atom stereocenters. The number of benzene rings is 1. The van der Waals surface area contributed by atoms with Crippen LogP contribution in [0.15, 0.2) is 18.2 Å². The fourth-order valence-electron chi connectivity index (χ4n) is 2.02. The number of thiophene rings is 1. The Morgan fingerprint density at radius 2 is 1.85 bits per heavy atom. The summed E-state index contributed by atoms with van der Waals surface area (Å²) in [6.07, 6.45) is 0. The van der Waals surface area contributed by atoms with E-state index in [1.54, 1.807) is 6.07 Å². The molecule has 20 heavy (non-hydrogen) atoms. The Labute approximate surface area is 130 Å². The van der Waals surface area contributed by atoms with Crippen molar-refractivity contribution in [1.82, 2.24) is 5.32 Å². The predicted molar refractivity (Wildman–Crippen MR) is 81.0 cm³/mol. The number of rotatable bonds is 4. The molecule has 0 amide bonds. The minimum absolute atomic E-state index is 0.228. The summed E-state index contributed by atoms with van der Waals surface area (Å²) in [4.78, 5) is 0. The Kier molecular flexibility index (Phi) is 5.02. The molecular formula is C14H13Cl2F2NS. The summed E-state index contributed by atoms with van der Waals surface area (Å²) in [5.41, 5.74) is 1.16. The second-order valence-electron chi connectivity index (χ2n) is 4.39. The topological polar surface area (TPSA) is 12.0 Å². The third kappa shape index (κ3) is 3.14. The highest BCUT2D eigenvalue weighted by molar-refractivity contribution is 7.20. The van der Waals surface area contributed by atoms with Gasteiger partial charge in [0.15, 0.2) is 0 Å². The third-order valence-electron chi connectivity index (χ3n) is 2.99. The maximum absolute atomic E-state index is 14.1. The first-order chi connectivity index (χ1) is 9.43. The molecule has 0 radical (unpaired) electrons. The molecule has 0 spiro atoms. The van der Waals surface area contributed by atoms with Gasteiger partial charge in [-0.1, -0.05) is 30.1 Å². The Bertz CT molecular complexity index is 628. The highest BCUT2D eigenvalue weighted by Gasteiger charge is 2.23. The summed E-state index contributed by atoms with van der Waals surface area (Å²) >= 11 is 13.3. The van der Waals surface area contributed by atoms with Crippen LogP contribution in [0.5, 0.6) is 0 Å². The highest BCUT2D eigenvalue weighted by atomic mass is 35.5. The van der Waals surface area contributed by atoms with E-state index in [4.69, 9.17) is 23.2 Å². The zero-order valence-corrected chi connectivity index (χ0v) is 13.3. The normalized spacial score (nSPS) is 12.7. The monoisotopic (exact) mass is 335 g/mol. The van der Waals surface area contributed by atoms with Crippen LogP contribution in [0.25, 0.3) is 0 Å². The van der Waals surface area contributed by atoms with E-state index in [2.05, 4.69) is 5.32 Å². The van der Waals surface area contributed by atoms with E-state index in [1.165, 1.54) is 30.4 Å². The molecule has 1 nitrogen and oxygen atoms in total. The van der Waals surface area contributed by atoms with Crippen molar-refractivity contribution in [1.29, 1.82) is 0 Å². The van der Waals surface area contributed by atoms with Crippen molar-refractivity contribution in [3.8, 4) is 0 Å². The fourth-order valence-corrected chi connectivity index (χ4v) is 3.56. The number of aryl methyl sites for hydroxylation is 1. The lowest BCUT2D eigenvalue weighted by Gasteiger charge is -2.19. The standard InChI is InChI=1S/C14H13Cl2F2NS/c1-3-19-13(9-6-12(15)20-14(9)16)8-5-10(17)7(2)4-11(8)18/h4-6,13,19H,3H2,1-2H3. The van der Waals surface area contributed by atoms with Gasteiger partial charge in [0.1, 0.15) is 11.6 Å². The van der Waals surface area contributed by atoms with Crippen LogP contribution in [-0.2, 0) is 0 Å². The molecular weight excluding hydrogens is 323 g/mol. The molecule has 2 rings (SSSR count). The van der Waals surface area contributed by atoms with Gasteiger partial charge >= 0.3 is 0 Å². The van der Waals surface area contributed by atoms with Crippen molar-refractivity contribution < 1.29 is 8.78 Å². The van der Waals surface area contributed by atoms with Gasteiger partial charge in [-0.3, -0.25) is 0 Å². The summed E-state index contributed by atoms with van der Waals surface area (Å²) in [6.45, 7) is 4.00. The number of hydrogen-bond donors (Lipinski definition) is 1. The van der Waals surface area contributed by atoms with Gasteiger partial charge < -0.3 is 5.32 Å². The second kappa shape index (κ2) is 6.39. The highest BCUT2D eigenvalue weighted by Crippen LogP contribution is 2.38. The van der Waals surface area contributed by atoms with E-state index in [1.807, 2.05) is 6.92 Å². The Morgan fingerprint density at radius 3 is 2.40 bits per heavy atom. The van der Waals surface area contributed by atoms with Crippen LogP contribution in [0.3, 0.4) is 0 Å². The lowest BCUT2D eigenvalue weighted by Crippen LogP contribution is -2.23. The molecule has 0 aliphatic heterocycles. The van der Waals surface area contributed by atoms with Gasteiger partial charge in [-0.15, -0.1) is 11.3 Å². The van der Waals surface area contributed by atoms with Crippen LogP contribution >= 0.6 is 34.5 Å². The molecule has 2 aromatic rings. The summed E-state index contributed by atoms with van der Waals surface area (Å²) in [5.74, 6) is -0.907. The van der Waals surface area contributed by atoms with Crippen LogP contribution in [0.1, 0.15) is 29.7 Å². The molecule has 0 saturated carbocycles. The maximum atomic E-state index is 14.1. The number of hydrogen-bond acceptors (Lipinski definition) is 2. The lowest BCUT2D eigenvalue weighted by atomic mass is 9.99. The van der Waals surface area contributed by atoms with Gasteiger partial charge in [-0.25, -0.2) is 8.78 Å². The molecule has 0 fully saturated rings. The van der Waals surface area contributed by atoms with Gasteiger partial charge in [-0.2, -0.15) is 0 Å². The molecule has 1 atom stereocenters. The van der Waals surface area contributed by atoms with E-state index in [0.29, 0.717) is 20.8 Å². The van der Waals surface area contributed by atoms with Gasteiger partial charge in [0.05, 0.1) is 14.7 Å². The van der Waals surface area contributed by atoms with E-state index >= 15 is 0 Å². The van der Waals surface area contributed by atoms with E-state index < -0.39 is 17.7 Å². The van der Waals surface area contributed by atoms with Crippen molar-refractivity contribution in [2.24, 2.45) is 0 Å². The largest absolute Gasteiger partial charge is 0.306 e. The van der Waals surface area contributed by atoms with E-state index in [9.17, 15) is 8.78 Å². The van der Waals surface area contributed by atoms with Crippen molar-refractivity contribution in [2.75, 3.05) is 6.54 Å². The Hall–Kier alpha value is -0.680. The first kappa shape index (κ1) is 15.7. The van der Waals surface area contributed by atoms with E-state index in [-0.39, 0.29) is 11.1 Å². The minimum atomic E-state index is -0.522. The van der Waals surface area contributed by atoms with Crippen LogP contribution in [0, 0.1) is 18.6 Å². The predicted octanol–water partition coefficient (Wildman–Crippen LogP) is 5.34. The van der Waals surface area contributed by atoms with Crippen LogP contribution in [-0.4, -0.2) is 6.54 Å². The zero-order valence-electron chi connectivity index (χ0n) is 10.9. The summed E-state index contributed by atoms with van der Waals surface area (Å²) in [6, 6.07) is 3.56. The number of halogens is 4. The van der Waals surface area contributed by atoms with Crippen molar-refractivity contribution in [3.63, 3.8) is 0 Å². The van der Waals surface area contributed by atoms with Crippen LogP contribution in [0.2, 0.25) is 8.67 Å². The number of nitrogens with one attached hydrogen (secondary N) is 1. The summed E-state index contributed by atoms with van der Waals surface area (Å²) in [7, 11) is 0. The lowest BCUT2D eigenvalue weighted by molar-refractivity contribution is 0.542. The Morgan fingerprint density at radius 1 is 1.15 bits per heavy atom.